The average molecular weight is 425 g/mol. The number of nitrogens with one attached hydrogen (secondary N) is 2. The van der Waals surface area contributed by atoms with Crippen LogP contribution in [0.3, 0.4) is 0 Å². The van der Waals surface area contributed by atoms with Crippen LogP contribution in [-0.2, 0) is 14.8 Å². The molecule has 0 saturated heterocycles. The molecule has 5 N–H and O–H groups in total. The molecule has 2 rings (SSSR count). The normalized spacial score (nSPS) is 11.7. The Balaban J connectivity index is 2.02. The Morgan fingerprint density at radius 2 is 2.21 bits per heavy atom. The van der Waals surface area contributed by atoms with Crippen molar-refractivity contribution in [1.29, 1.82) is 5.26 Å². The minimum Gasteiger partial charge on any atom is -0.354 e. The van der Waals surface area contributed by atoms with Crippen molar-refractivity contribution in [3.8, 4) is 6.07 Å². The summed E-state index contributed by atoms with van der Waals surface area (Å²) in [5, 5.41) is 33.1. The lowest BCUT2D eigenvalue weighted by molar-refractivity contribution is -0.118. The Hall–Kier alpha value is -2.99. The number of hydroxylamine groups is 1. The molecule has 0 unspecified atom stereocenters. The summed E-state index contributed by atoms with van der Waals surface area (Å²) < 4.78 is 26.3. The third kappa shape index (κ3) is 6.63. The fraction of sp³-hybridized carbons (Fsp3) is 0.214. The van der Waals surface area contributed by atoms with Crippen LogP contribution in [0.2, 0.25) is 0 Å². The molecule has 0 saturated carbocycles. The Kier molecular flexibility index (Phi) is 7.46. The SMILES string of the molecule is N#Cc1cccc(N=C(NO)c2nonc2SCCNC(=O)CS(N)(=O)=O)c1. The summed E-state index contributed by atoms with van der Waals surface area (Å²) in [6, 6.07) is 8.35. The molecule has 0 fully saturated rings. The van der Waals surface area contributed by atoms with Gasteiger partial charge in [0.2, 0.25) is 15.9 Å². The van der Waals surface area contributed by atoms with E-state index in [-0.39, 0.29) is 23.1 Å². The van der Waals surface area contributed by atoms with Crippen molar-refractivity contribution in [1.82, 2.24) is 21.1 Å². The highest BCUT2D eigenvalue weighted by atomic mass is 32.2. The summed E-state index contributed by atoms with van der Waals surface area (Å²) in [5.74, 6) is -1.28. The molecule has 2 aromatic rings. The highest BCUT2D eigenvalue weighted by Crippen LogP contribution is 2.21. The number of aromatic nitrogens is 2. The van der Waals surface area contributed by atoms with Crippen molar-refractivity contribution in [2.45, 2.75) is 5.03 Å². The zero-order valence-electron chi connectivity index (χ0n) is 14.2. The first kappa shape index (κ1) is 21.3. The molecule has 0 bridgehead atoms. The van der Waals surface area contributed by atoms with Crippen molar-refractivity contribution >= 4 is 39.2 Å². The Morgan fingerprint density at radius 1 is 1.43 bits per heavy atom. The third-order valence-electron chi connectivity index (χ3n) is 3.00. The highest BCUT2D eigenvalue weighted by Gasteiger charge is 2.17. The van der Waals surface area contributed by atoms with Crippen molar-refractivity contribution in [3.05, 3.63) is 35.5 Å². The van der Waals surface area contributed by atoms with Gasteiger partial charge in [0.1, 0.15) is 5.75 Å². The Morgan fingerprint density at radius 3 is 2.89 bits per heavy atom. The summed E-state index contributed by atoms with van der Waals surface area (Å²) in [6.07, 6.45) is 0. The first-order valence-electron chi connectivity index (χ1n) is 7.54. The van der Waals surface area contributed by atoms with E-state index in [9.17, 15) is 18.4 Å². The number of carbonyl (C=O) groups excluding carboxylic acids is 1. The second-order valence-electron chi connectivity index (χ2n) is 5.16. The van der Waals surface area contributed by atoms with Crippen molar-refractivity contribution in [2.75, 3.05) is 18.1 Å². The summed E-state index contributed by atoms with van der Waals surface area (Å²) in [4.78, 5) is 15.5. The maximum Gasteiger partial charge on any atom is 0.236 e. The smallest absolute Gasteiger partial charge is 0.236 e. The van der Waals surface area contributed by atoms with Gasteiger partial charge in [-0.3, -0.25) is 15.5 Å². The number of rotatable bonds is 8. The van der Waals surface area contributed by atoms with E-state index in [1.54, 1.807) is 18.2 Å². The summed E-state index contributed by atoms with van der Waals surface area (Å²) in [5.41, 5.74) is 2.81. The van der Waals surface area contributed by atoms with Crippen LogP contribution in [0.25, 0.3) is 0 Å². The maximum absolute atomic E-state index is 11.4. The molecule has 0 radical (unpaired) electrons. The first-order valence-corrected chi connectivity index (χ1v) is 10.2. The molecule has 148 valence electrons. The van der Waals surface area contributed by atoms with Gasteiger partial charge in [-0.05, 0) is 28.5 Å². The maximum atomic E-state index is 11.4. The molecule has 12 nitrogen and oxygen atoms in total. The minimum atomic E-state index is -3.89. The van der Waals surface area contributed by atoms with Gasteiger partial charge in [0.15, 0.2) is 16.6 Å². The first-order chi connectivity index (χ1) is 13.3. The number of benzene rings is 1. The van der Waals surface area contributed by atoms with E-state index >= 15 is 0 Å². The predicted molar refractivity (Wildman–Crippen MR) is 98.3 cm³/mol. The van der Waals surface area contributed by atoms with E-state index in [1.165, 1.54) is 6.07 Å². The quantitative estimate of drug-likeness (QED) is 0.140. The van der Waals surface area contributed by atoms with E-state index < -0.39 is 21.7 Å². The topological polar surface area (TPSA) is 197 Å². The van der Waals surface area contributed by atoms with Gasteiger partial charge in [-0.25, -0.2) is 23.2 Å². The van der Waals surface area contributed by atoms with E-state index in [4.69, 9.17) is 10.4 Å². The molecule has 1 amide bonds. The monoisotopic (exact) mass is 425 g/mol. The number of amidine groups is 1. The number of sulfonamides is 1. The van der Waals surface area contributed by atoms with Gasteiger partial charge in [0, 0.05) is 12.3 Å². The van der Waals surface area contributed by atoms with Crippen LogP contribution in [0.1, 0.15) is 11.3 Å². The van der Waals surface area contributed by atoms with Crippen LogP contribution in [-0.4, -0.2) is 53.7 Å². The van der Waals surface area contributed by atoms with Crippen LogP contribution >= 0.6 is 11.8 Å². The average Bonchev–Trinajstić information content (AvgIpc) is 3.10. The molecule has 0 atom stereocenters. The van der Waals surface area contributed by atoms with Crippen molar-refractivity contribution in [2.24, 2.45) is 10.1 Å². The number of hydrogen-bond donors (Lipinski definition) is 4. The van der Waals surface area contributed by atoms with Gasteiger partial charge in [-0.1, -0.05) is 17.8 Å². The zero-order valence-corrected chi connectivity index (χ0v) is 15.8. The number of thioether (sulfide) groups is 1. The number of carbonyl (C=O) groups is 1. The molecular formula is C14H15N7O5S2. The number of nitriles is 1. The van der Waals surface area contributed by atoms with Gasteiger partial charge in [-0.2, -0.15) is 5.26 Å². The van der Waals surface area contributed by atoms with E-state index in [0.717, 1.165) is 11.8 Å². The summed E-state index contributed by atoms with van der Waals surface area (Å²) in [6.45, 7) is 0.133. The fourth-order valence-corrected chi connectivity index (χ4v) is 3.12. The van der Waals surface area contributed by atoms with Crippen LogP contribution in [0.15, 0.2) is 38.9 Å². The van der Waals surface area contributed by atoms with Crippen LogP contribution < -0.4 is 15.9 Å². The van der Waals surface area contributed by atoms with E-state index in [1.807, 2.05) is 11.5 Å². The molecular weight excluding hydrogens is 410 g/mol. The lowest BCUT2D eigenvalue weighted by Crippen LogP contribution is -2.34. The van der Waals surface area contributed by atoms with E-state index in [0.29, 0.717) is 17.0 Å². The third-order valence-corrected chi connectivity index (χ3v) is 4.61. The number of nitrogens with zero attached hydrogens (tertiary/aromatic N) is 4. The standard InChI is InChI=1S/C14H15N7O5S2/c15-7-9-2-1-3-10(6-9)18-13(19-23)12-14(21-26-20-12)27-5-4-17-11(22)8-28(16,24)25/h1-3,6,23H,4-5,8H2,(H,17,22)(H,18,19)(H2,16,24,25). The summed E-state index contributed by atoms with van der Waals surface area (Å²) in [7, 11) is -3.89. The largest absolute Gasteiger partial charge is 0.354 e. The van der Waals surface area contributed by atoms with Gasteiger partial charge >= 0.3 is 0 Å². The van der Waals surface area contributed by atoms with Gasteiger partial charge < -0.3 is 5.32 Å². The molecule has 0 aliphatic carbocycles. The second-order valence-corrected chi connectivity index (χ2v) is 7.86. The minimum absolute atomic E-state index is 0.0582. The number of hydrogen-bond acceptors (Lipinski definition) is 10. The van der Waals surface area contributed by atoms with Crippen LogP contribution in [0, 0.1) is 11.3 Å². The lowest BCUT2D eigenvalue weighted by Gasteiger charge is -2.05. The van der Waals surface area contributed by atoms with Gasteiger partial charge in [0.25, 0.3) is 0 Å². The number of amides is 1. The van der Waals surface area contributed by atoms with Gasteiger partial charge in [0.05, 0.1) is 17.3 Å². The number of nitrogens with two attached hydrogens (primary N) is 1. The second kappa shape index (κ2) is 9.80. The number of aliphatic imine (C=N–C) groups is 1. The highest BCUT2D eigenvalue weighted by molar-refractivity contribution is 7.99. The zero-order chi connectivity index (χ0) is 20.6. The molecule has 14 heteroatoms. The summed E-state index contributed by atoms with van der Waals surface area (Å²) >= 11 is 1.13. The molecule has 1 heterocycles. The van der Waals surface area contributed by atoms with Crippen LogP contribution in [0.5, 0.6) is 0 Å². The molecule has 1 aromatic heterocycles. The van der Waals surface area contributed by atoms with Crippen LogP contribution in [0.4, 0.5) is 5.69 Å². The molecule has 0 aliphatic rings. The Bertz CT molecular complexity index is 1010. The number of primary sulfonamides is 1. The predicted octanol–water partition coefficient (Wildman–Crippen LogP) is -0.505. The van der Waals surface area contributed by atoms with E-state index in [2.05, 4.69) is 25.3 Å². The fourth-order valence-electron chi connectivity index (χ4n) is 1.90. The lowest BCUT2D eigenvalue weighted by atomic mass is 10.2. The molecule has 1 aromatic carbocycles. The van der Waals surface area contributed by atoms with Gasteiger partial charge in [-0.15, -0.1) is 0 Å². The molecule has 0 spiro atoms. The molecule has 28 heavy (non-hydrogen) atoms. The molecule has 0 aliphatic heterocycles. The van der Waals surface area contributed by atoms with Crippen molar-refractivity contribution in [3.63, 3.8) is 0 Å². The van der Waals surface area contributed by atoms with Crippen molar-refractivity contribution < 1.29 is 23.0 Å². The Labute approximate surface area is 163 Å².